The lowest BCUT2D eigenvalue weighted by molar-refractivity contribution is 0.414. The summed E-state index contributed by atoms with van der Waals surface area (Å²) in [6.45, 7) is 3.52. The minimum atomic E-state index is -4.76. The van der Waals surface area contributed by atoms with Crippen LogP contribution in [0.25, 0.3) is 0 Å². The normalized spacial score (nSPS) is 11.6. The van der Waals surface area contributed by atoms with Crippen LogP contribution in [0.1, 0.15) is 22.4 Å². The highest BCUT2D eigenvalue weighted by Gasteiger charge is 2.41. The lowest BCUT2D eigenvalue weighted by atomic mass is 10.2. The Morgan fingerprint density at radius 1 is 0.769 bits per heavy atom. The SMILES string of the molecule is COc1ccc(S(=O)(=O)N(c2c(C#N)c(C)c(C)n2Cc2ccccc2)S(=O)(=O)c2ccc(OC)cc2)cc1. The van der Waals surface area contributed by atoms with E-state index in [-0.39, 0.29) is 27.7 Å². The summed E-state index contributed by atoms with van der Waals surface area (Å²) in [6, 6.07) is 22.0. The molecule has 0 spiro atoms. The first-order chi connectivity index (χ1) is 18.6. The highest BCUT2D eigenvalue weighted by Crippen LogP contribution is 2.38. The van der Waals surface area contributed by atoms with Crippen LogP contribution in [0.5, 0.6) is 11.5 Å². The van der Waals surface area contributed by atoms with Crippen LogP contribution >= 0.6 is 0 Å². The van der Waals surface area contributed by atoms with Crippen molar-refractivity contribution in [1.82, 2.24) is 4.57 Å². The van der Waals surface area contributed by atoms with Crippen molar-refractivity contribution in [3.63, 3.8) is 0 Å². The van der Waals surface area contributed by atoms with E-state index in [0.717, 1.165) is 5.56 Å². The smallest absolute Gasteiger partial charge is 0.278 e. The van der Waals surface area contributed by atoms with Gasteiger partial charge in [-0.15, -0.1) is 3.71 Å². The number of anilines is 1. The predicted octanol–water partition coefficient (Wildman–Crippen LogP) is 4.63. The van der Waals surface area contributed by atoms with Crippen molar-refractivity contribution in [2.75, 3.05) is 17.9 Å². The Bertz CT molecular complexity index is 1660. The molecule has 0 N–H and O–H groups in total. The van der Waals surface area contributed by atoms with Gasteiger partial charge in [0.05, 0.1) is 29.6 Å². The van der Waals surface area contributed by atoms with Gasteiger partial charge in [-0.05, 0) is 73.5 Å². The average molecular weight is 566 g/mol. The third kappa shape index (κ3) is 5.08. The van der Waals surface area contributed by atoms with Crippen LogP contribution in [0.2, 0.25) is 0 Å². The number of nitriles is 1. The quantitative estimate of drug-likeness (QED) is 0.290. The first kappa shape index (κ1) is 27.8. The van der Waals surface area contributed by atoms with Gasteiger partial charge in [-0.2, -0.15) is 22.1 Å². The second kappa shape index (κ2) is 10.8. The van der Waals surface area contributed by atoms with Crippen molar-refractivity contribution in [2.45, 2.75) is 30.2 Å². The minimum absolute atomic E-state index is 0.0578. The Balaban J connectivity index is 2.05. The molecule has 3 aromatic carbocycles. The maximum atomic E-state index is 14.2. The summed E-state index contributed by atoms with van der Waals surface area (Å²) in [5.74, 6) is 0.536. The predicted molar refractivity (Wildman–Crippen MR) is 147 cm³/mol. The number of hydrogen-bond acceptors (Lipinski definition) is 7. The lowest BCUT2D eigenvalue weighted by Gasteiger charge is -2.26. The summed E-state index contributed by atoms with van der Waals surface area (Å²) in [7, 11) is -6.66. The topological polar surface area (TPSA) is 119 Å². The Morgan fingerprint density at radius 3 is 1.64 bits per heavy atom. The van der Waals surface area contributed by atoms with Gasteiger partial charge < -0.3 is 14.0 Å². The molecule has 1 aromatic heterocycles. The molecule has 4 aromatic rings. The van der Waals surface area contributed by atoms with Gasteiger partial charge in [0.25, 0.3) is 20.0 Å². The van der Waals surface area contributed by atoms with Gasteiger partial charge >= 0.3 is 0 Å². The zero-order chi connectivity index (χ0) is 28.4. The number of benzene rings is 3. The number of sulfonamides is 2. The molecule has 0 amide bonds. The zero-order valence-electron chi connectivity index (χ0n) is 21.8. The first-order valence-corrected chi connectivity index (χ1v) is 14.7. The second-order valence-electron chi connectivity index (χ2n) is 8.65. The summed E-state index contributed by atoms with van der Waals surface area (Å²) in [4.78, 5) is -0.570. The van der Waals surface area contributed by atoms with E-state index in [0.29, 0.717) is 26.5 Å². The zero-order valence-corrected chi connectivity index (χ0v) is 23.5. The van der Waals surface area contributed by atoms with Gasteiger partial charge in [0, 0.05) is 12.2 Å². The number of nitrogens with zero attached hydrogens (tertiary/aromatic N) is 3. The second-order valence-corrected chi connectivity index (χ2v) is 12.5. The molecule has 0 saturated carbocycles. The van der Waals surface area contributed by atoms with E-state index < -0.39 is 20.0 Å². The minimum Gasteiger partial charge on any atom is -0.497 e. The summed E-state index contributed by atoms with van der Waals surface area (Å²) in [5, 5.41) is 10.1. The van der Waals surface area contributed by atoms with Crippen LogP contribution in [0.15, 0.2) is 88.7 Å². The van der Waals surface area contributed by atoms with Gasteiger partial charge in [0.2, 0.25) is 0 Å². The molecular weight excluding hydrogens is 538 g/mol. The summed E-state index contributed by atoms with van der Waals surface area (Å²) < 4.78 is 69.1. The highest BCUT2D eigenvalue weighted by molar-refractivity contribution is 8.10. The number of methoxy groups -OCH3 is 2. The van der Waals surface area contributed by atoms with Crippen LogP contribution in [-0.2, 0) is 26.6 Å². The molecule has 0 atom stereocenters. The molecule has 0 radical (unpaired) electrons. The molecule has 202 valence electrons. The van der Waals surface area contributed by atoms with Crippen molar-refractivity contribution in [3.05, 3.63) is 101 Å². The van der Waals surface area contributed by atoms with Gasteiger partial charge in [-0.3, -0.25) is 0 Å². The average Bonchev–Trinajstić information content (AvgIpc) is 3.17. The number of rotatable bonds is 9. The fourth-order valence-electron chi connectivity index (χ4n) is 4.17. The Labute approximate surface area is 228 Å². The maximum absolute atomic E-state index is 14.2. The van der Waals surface area contributed by atoms with E-state index in [9.17, 15) is 22.1 Å². The largest absolute Gasteiger partial charge is 0.497 e. The van der Waals surface area contributed by atoms with Crippen molar-refractivity contribution in [1.29, 1.82) is 5.26 Å². The van der Waals surface area contributed by atoms with Crippen LogP contribution < -0.4 is 13.2 Å². The molecule has 0 fully saturated rings. The number of aromatic nitrogens is 1. The molecule has 11 heteroatoms. The molecule has 0 aliphatic rings. The summed E-state index contributed by atoms with van der Waals surface area (Å²) in [5.41, 5.74) is 1.77. The van der Waals surface area contributed by atoms with Crippen LogP contribution in [-0.4, -0.2) is 35.6 Å². The van der Waals surface area contributed by atoms with Crippen molar-refractivity contribution in [2.24, 2.45) is 0 Å². The molecule has 9 nitrogen and oxygen atoms in total. The summed E-state index contributed by atoms with van der Waals surface area (Å²) in [6.07, 6.45) is 0. The number of hydrogen-bond donors (Lipinski definition) is 0. The van der Waals surface area contributed by atoms with E-state index in [1.165, 1.54) is 62.8 Å². The highest BCUT2D eigenvalue weighted by atomic mass is 32.3. The van der Waals surface area contributed by atoms with Crippen molar-refractivity contribution < 1.29 is 26.3 Å². The maximum Gasteiger partial charge on any atom is 0.278 e. The van der Waals surface area contributed by atoms with Gasteiger partial charge in [-0.1, -0.05) is 30.3 Å². The van der Waals surface area contributed by atoms with Crippen LogP contribution in [0, 0.1) is 25.2 Å². The van der Waals surface area contributed by atoms with E-state index in [1.54, 1.807) is 18.4 Å². The Morgan fingerprint density at radius 2 is 1.23 bits per heavy atom. The Kier molecular flexibility index (Phi) is 7.72. The molecule has 0 unspecified atom stereocenters. The van der Waals surface area contributed by atoms with E-state index >= 15 is 0 Å². The van der Waals surface area contributed by atoms with Gasteiger partial charge in [0.1, 0.15) is 17.6 Å². The fourth-order valence-corrected chi connectivity index (χ4v) is 7.90. The van der Waals surface area contributed by atoms with E-state index in [2.05, 4.69) is 0 Å². The van der Waals surface area contributed by atoms with Crippen LogP contribution in [0.4, 0.5) is 5.82 Å². The molecule has 4 rings (SSSR count). The first-order valence-electron chi connectivity index (χ1n) is 11.8. The molecule has 0 aliphatic carbocycles. The van der Waals surface area contributed by atoms with Gasteiger partial charge in [0.15, 0.2) is 5.82 Å². The van der Waals surface area contributed by atoms with E-state index in [4.69, 9.17) is 9.47 Å². The van der Waals surface area contributed by atoms with Crippen molar-refractivity contribution >= 4 is 25.9 Å². The molecule has 39 heavy (non-hydrogen) atoms. The fraction of sp³-hybridized carbons (Fsp3) is 0.179. The molecule has 1 heterocycles. The summed E-state index contributed by atoms with van der Waals surface area (Å²) >= 11 is 0. The Hall–Kier alpha value is -4.27. The molecule has 0 aliphatic heterocycles. The number of ether oxygens (including phenoxy) is 2. The molecule has 0 bridgehead atoms. The van der Waals surface area contributed by atoms with Crippen molar-refractivity contribution in [3.8, 4) is 17.6 Å². The molecular formula is C28H27N3O6S2. The van der Waals surface area contributed by atoms with Gasteiger partial charge in [-0.25, -0.2) is 0 Å². The molecule has 0 saturated heterocycles. The third-order valence-corrected chi connectivity index (χ3v) is 10.6. The standard InChI is InChI=1S/C28H27N3O6S2/c1-20-21(2)30(19-22-8-6-5-7-9-22)28(27(20)18-29)31(38(32,33)25-14-10-23(36-3)11-15-25)39(34,35)26-16-12-24(37-4)13-17-26/h5-17H,19H2,1-4H3. The van der Waals surface area contributed by atoms with E-state index in [1.807, 2.05) is 36.4 Å². The third-order valence-electron chi connectivity index (χ3n) is 6.42. The monoisotopic (exact) mass is 565 g/mol. The lowest BCUT2D eigenvalue weighted by Crippen LogP contribution is -2.39. The van der Waals surface area contributed by atoms with Crippen LogP contribution in [0.3, 0.4) is 0 Å².